The van der Waals surface area contributed by atoms with Crippen molar-refractivity contribution < 1.29 is 9.13 Å². The van der Waals surface area contributed by atoms with Gasteiger partial charge in [-0.05, 0) is 44.8 Å². The molecule has 2 aliphatic rings. The molecule has 0 spiro atoms. The van der Waals surface area contributed by atoms with Crippen LogP contribution in [0.15, 0.2) is 29.4 Å². The Morgan fingerprint density at radius 1 is 1.24 bits per heavy atom. The van der Waals surface area contributed by atoms with Crippen molar-refractivity contribution in [2.24, 2.45) is 4.99 Å². The third kappa shape index (κ3) is 5.89. The molecule has 0 aliphatic carbocycles. The maximum Gasteiger partial charge on any atom is 0.319 e. The van der Waals surface area contributed by atoms with Crippen molar-refractivity contribution >= 4 is 46.7 Å². The summed E-state index contributed by atoms with van der Waals surface area (Å²) in [5.74, 6) is -0.0778. The van der Waals surface area contributed by atoms with Crippen molar-refractivity contribution in [2.45, 2.75) is 31.3 Å². The molecule has 214 valence electrons. The second kappa shape index (κ2) is 12.5. The lowest BCUT2D eigenvalue weighted by molar-refractivity contribution is 0.188. The van der Waals surface area contributed by atoms with Crippen LogP contribution in [0.4, 0.5) is 10.2 Å². The largest absolute Gasteiger partial charge is 0.462 e. The Balaban J connectivity index is 1.67. The predicted octanol–water partition coefficient (Wildman–Crippen LogP) is 2.63. The number of likely N-dealkylation sites (N-methyl/N-ethyl adjacent to an activating group) is 2. The van der Waals surface area contributed by atoms with Gasteiger partial charge in [-0.15, -0.1) is 0 Å². The van der Waals surface area contributed by atoms with Gasteiger partial charge in [0.1, 0.15) is 23.6 Å². The average molecular weight is 577 g/mol. The number of benzene rings is 1. The second-order valence-corrected chi connectivity index (χ2v) is 11.0. The highest BCUT2D eigenvalue weighted by molar-refractivity contribution is 6.31. The summed E-state index contributed by atoms with van der Waals surface area (Å²) in [5, 5.41) is 11.4. The number of piperazine rings is 1. The van der Waals surface area contributed by atoms with E-state index < -0.39 is 5.82 Å². The maximum atomic E-state index is 16.5. The normalized spacial score (nSPS) is 21.0. The first-order valence-corrected chi connectivity index (χ1v) is 14.1. The fourth-order valence-electron chi connectivity index (χ4n) is 5.58. The molecule has 2 fully saturated rings. The molecule has 0 amide bonds. The fourth-order valence-corrected chi connectivity index (χ4v) is 5.88. The van der Waals surface area contributed by atoms with Gasteiger partial charge in [-0.1, -0.05) is 30.3 Å². The number of halogens is 2. The number of rotatable bonds is 7. The van der Waals surface area contributed by atoms with E-state index in [1.807, 2.05) is 7.05 Å². The first-order chi connectivity index (χ1) is 19.8. The van der Waals surface area contributed by atoms with Gasteiger partial charge >= 0.3 is 6.01 Å². The zero-order chi connectivity index (χ0) is 29.1. The highest BCUT2D eigenvalue weighted by atomic mass is 35.5. The van der Waals surface area contributed by atoms with Crippen LogP contribution in [0.2, 0.25) is 5.02 Å². The number of fused-ring (bicyclic) bond motifs is 1. The number of hydrogen-bond donors (Lipinski definition) is 0. The van der Waals surface area contributed by atoms with Gasteiger partial charge in [0.25, 0.3) is 0 Å². The molecule has 0 radical (unpaired) electrons. The number of ether oxygens (including phenoxy) is 1. The van der Waals surface area contributed by atoms with E-state index in [9.17, 15) is 5.26 Å². The third-order valence-corrected chi connectivity index (χ3v) is 8.32. The molecule has 2 saturated heterocycles. The molecule has 1 aromatic carbocycles. The second-order valence-electron chi connectivity index (χ2n) is 10.6. The fraction of sp³-hybridized carbons (Fsp3) is 0.433. The van der Waals surface area contributed by atoms with E-state index in [1.165, 1.54) is 6.21 Å². The summed E-state index contributed by atoms with van der Waals surface area (Å²) in [5.41, 5.74) is 0.574. The van der Waals surface area contributed by atoms with Gasteiger partial charge in [0.05, 0.1) is 17.9 Å². The Bertz CT molecular complexity index is 1620. The average Bonchev–Trinajstić information content (AvgIpc) is 3.37. The summed E-state index contributed by atoms with van der Waals surface area (Å²) in [6.45, 7) is 7.46. The van der Waals surface area contributed by atoms with Gasteiger partial charge in [0.2, 0.25) is 0 Å². The Morgan fingerprint density at radius 2 is 2.05 bits per heavy atom. The van der Waals surface area contributed by atoms with Crippen LogP contribution in [-0.4, -0.2) is 97.0 Å². The zero-order valence-electron chi connectivity index (χ0n) is 23.6. The van der Waals surface area contributed by atoms with Gasteiger partial charge in [0.15, 0.2) is 5.82 Å². The van der Waals surface area contributed by atoms with Crippen LogP contribution in [0.25, 0.3) is 23.1 Å². The smallest absolute Gasteiger partial charge is 0.319 e. The van der Waals surface area contributed by atoms with E-state index in [4.69, 9.17) is 21.3 Å². The molecular formula is C30H34ClFN8O. The minimum absolute atomic E-state index is 0.0174. The van der Waals surface area contributed by atoms with Gasteiger partial charge < -0.3 is 14.5 Å². The number of nitriles is 1. The highest BCUT2D eigenvalue weighted by Crippen LogP contribution is 2.31. The molecule has 0 unspecified atom stereocenters. The standard InChI is InChI=1S/C30H34ClFN8O/c1-19-7-5-9-24(31)25(19)22(15-34-2)27-26(32)28-23(16-35-27)29(40-14-13-39(4)20(17-40)10-11-33)37-30(36-28)41-18-21-8-6-12-38(21)3/h5,7,9,15-16,20-21H,1,6,8,10,12-14,17-18H2,2-4H3/b25-22-,34-15-/t20-,21-/m0/s1. The molecule has 11 heteroatoms. The van der Waals surface area contributed by atoms with E-state index in [1.54, 1.807) is 31.4 Å². The van der Waals surface area contributed by atoms with Crippen LogP contribution < -0.4 is 20.1 Å². The minimum atomic E-state index is -0.620. The highest BCUT2D eigenvalue weighted by Gasteiger charge is 2.29. The van der Waals surface area contributed by atoms with E-state index in [0.29, 0.717) is 58.4 Å². The van der Waals surface area contributed by atoms with E-state index in [-0.39, 0.29) is 29.3 Å². The molecule has 5 rings (SSSR count). The molecule has 9 nitrogen and oxygen atoms in total. The summed E-state index contributed by atoms with van der Waals surface area (Å²) in [6.07, 6.45) is 5.64. The van der Waals surface area contributed by atoms with Crippen LogP contribution in [0.5, 0.6) is 6.01 Å². The van der Waals surface area contributed by atoms with Gasteiger partial charge in [0, 0.05) is 67.0 Å². The number of likely N-dealkylation sites (tertiary alicyclic amines) is 1. The summed E-state index contributed by atoms with van der Waals surface area (Å²) in [4.78, 5) is 24.5. The Labute approximate surface area is 244 Å². The lowest BCUT2D eigenvalue weighted by Gasteiger charge is -2.39. The van der Waals surface area contributed by atoms with Crippen molar-refractivity contribution in [1.82, 2.24) is 24.8 Å². The van der Waals surface area contributed by atoms with Gasteiger partial charge in [-0.3, -0.25) is 14.9 Å². The Morgan fingerprint density at radius 3 is 2.76 bits per heavy atom. The SMILES string of the molecule is C=c1cccc(Cl)/c1=C(/C=N\C)c1ncc2c(N3CCN(C)[C@@H](CC#N)C3)nc(OC[C@@H]3CCCN3C)nc2c1F. The summed E-state index contributed by atoms with van der Waals surface area (Å²) in [6, 6.07) is 7.98. The summed E-state index contributed by atoms with van der Waals surface area (Å²) in [7, 11) is 5.69. The lowest BCUT2D eigenvalue weighted by atomic mass is 10.1. The first kappa shape index (κ1) is 28.9. The molecule has 2 atom stereocenters. The Kier molecular flexibility index (Phi) is 8.78. The molecule has 0 N–H and O–H groups in total. The number of aromatic nitrogens is 3. The van der Waals surface area contributed by atoms with E-state index >= 15 is 4.39 Å². The van der Waals surface area contributed by atoms with E-state index in [0.717, 1.165) is 25.9 Å². The van der Waals surface area contributed by atoms with Crippen LogP contribution >= 0.6 is 11.6 Å². The molecule has 0 bridgehead atoms. The molecule has 41 heavy (non-hydrogen) atoms. The molecule has 3 aromatic rings. The van der Waals surface area contributed by atoms with Crippen LogP contribution in [0, 0.1) is 17.1 Å². The van der Waals surface area contributed by atoms with Crippen molar-refractivity contribution in [2.75, 3.05) is 58.8 Å². The zero-order valence-corrected chi connectivity index (χ0v) is 24.4. The summed E-state index contributed by atoms with van der Waals surface area (Å²) < 4.78 is 22.7. The monoisotopic (exact) mass is 576 g/mol. The molecule has 4 heterocycles. The third-order valence-electron chi connectivity index (χ3n) is 8.01. The van der Waals surface area contributed by atoms with Crippen LogP contribution in [0.1, 0.15) is 25.0 Å². The van der Waals surface area contributed by atoms with Crippen molar-refractivity contribution in [3.8, 4) is 12.1 Å². The Hall–Kier alpha value is -3.65. The van der Waals surface area contributed by atoms with E-state index in [2.05, 4.69) is 49.4 Å². The number of nitrogens with zero attached hydrogens (tertiary/aromatic N) is 8. The topological polar surface area (TPSA) is 93.8 Å². The maximum absolute atomic E-state index is 16.5. The predicted molar refractivity (Wildman–Crippen MR) is 160 cm³/mol. The quantitative estimate of drug-likeness (QED) is 0.396. The van der Waals surface area contributed by atoms with Crippen molar-refractivity contribution in [3.05, 3.63) is 51.4 Å². The number of anilines is 1. The molecule has 2 aromatic heterocycles. The number of aliphatic imine (C=N–C) groups is 1. The van der Waals surface area contributed by atoms with Gasteiger partial charge in [-0.25, -0.2) is 4.39 Å². The first-order valence-electron chi connectivity index (χ1n) is 13.7. The summed E-state index contributed by atoms with van der Waals surface area (Å²) >= 11 is 6.54. The van der Waals surface area contributed by atoms with Crippen molar-refractivity contribution in [1.29, 1.82) is 5.26 Å². The van der Waals surface area contributed by atoms with Gasteiger partial charge in [-0.2, -0.15) is 15.2 Å². The van der Waals surface area contributed by atoms with Crippen LogP contribution in [0.3, 0.4) is 0 Å². The molecular weight excluding hydrogens is 543 g/mol. The number of hydrogen-bond acceptors (Lipinski definition) is 9. The minimum Gasteiger partial charge on any atom is -0.462 e. The molecule has 0 saturated carbocycles. The lowest BCUT2D eigenvalue weighted by Crippen LogP contribution is -2.51. The van der Waals surface area contributed by atoms with Crippen LogP contribution in [-0.2, 0) is 0 Å². The molecule has 2 aliphatic heterocycles. The number of pyridine rings is 1. The van der Waals surface area contributed by atoms with Crippen molar-refractivity contribution in [3.63, 3.8) is 0 Å².